The molecule has 1 saturated heterocycles. The summed E-state index contributed by atoms with van der Waals surface area (Å²) in [7, 11) is 0. The molecular formula is C12H11BrFN3O2. The number of nitrogens with zero attached hydrogens (tertiary/aromatic N) is 2. The summed E-state index contributed by atoms with van der Waals surface area (Å²) >= 11 is 3.22. The summed E-state index contributed by atoms with van der Waals surface area (Å²) in [6.45, 7) is 0.508. The quantitative estimate of drug-likeness (QED) is 0.883. The lowest BCUT2D eigenvalue weighted by Crippen LogP contribution is -2.15. The second-order valence-corrected chi connectivity index (χ2v) is 5.38. The smallest absolute Gasteiger partial charge is 0.244 e. The highest BCUT2D eigenvalue weighted by molar-refractivity contribution is 9.10. The van der Waals surface area contributed by atoms with E-state index in [-0.39, 0.29) is 11.9 Å². The lowest BCUT2D eigenvalue weighted by Gasteiger charge is -2.01. The molecule has 2 atom stereocenters. The van der Waals surface area contributed by atoms with Gasteiger partial charge in [-0.1, -0.05) is 21.1 Å². The van der Waals surface area contributed by atoms with Crippen LogP contribution < -0.4 is 5.32 Å². The van der Waals surface area contributed by atoms with E-state index in [4.69, 9.17) is 4.52 Å². The standard InChI is InChI=1S/C12H11BrFN3O2/c13-7-1-6(2-8(14)3-7)11-16-12(19-17-11)10-4-9(18)5-15-10/h1-3,9-10,15,18H,4-5H2/t9?,10-/m0/s1. The summed E-state index contributed by atoms with van der Waals surface area (Å²) in [4.78, 5) is 4.24. The number of β-amino-alcohol motifs (C(OH)–C–C–N with tert-alkyl or cyclic N) is 1. The predicted octanol–water partition coefficient (Wildman–Crippen LogP) is 2.03. The molecule has 1 fully saturated rings. The van der Waals surface area contributed by atoms with Gasteiger partial charge in [0.25, 0.3) is 0 Å². The number of hydrogen-bond donors (Lipinski definition) is 2. The molecule has 100 valence electrons. The SMILES string of the molecule is OC1CN[C@H](c2nc(-c3cc(F)cc(Br)c3)no2)C1. The van der Waals surface area contributed by atoms with Gasteiger partial charge in [0.2, 0.25) is 11.7 Å². The zero-order chi connectivity index (χ0) is 13.4. The summed E-state index contributed by atoms with van der Waals surface area (Å²) in [6, 6.07) is 4.28. The van der Waals surface area contributed by atoms with E-state index in [9.17, 15) is 9.50 Å². The molecule has 5 nitrogen and oxygen atoms in total. The number of benzene rings is 1. The Morgan fingerprint density at radius 3 is 2.95 bits per heavy atom. The number of halogens is 2. The van der Waals surface area contributed by atoms with Gasteiger partial charge in [-0.3, -0.25) is 0 Å². The van der Waals surface area contributed by atoms with Crippen LogP contribution in [0.15, 0.2) is 27.2 Å². The molecule has 0 amide bonds. The molecule has 0 spiro atoms. The van der Waals surface area contributed by atoms with Crippen LogP contribution in [-0.2, 0) is 0 Å². The van der Waals surface area contributed by atoms with Crippen molar-refractivity contribution in [2.24, 2.45) is 0 Å². The van der Waals surface area contributed by atoms with Crippen LogP contribution in [0.25, 0.3) is 11.4 Å². The lowest BCUT2D eigenvalue weighted by molar-refractivity contribution is 0.191. The van der Waals surface area contributed by atoms with Crippen LogP contribution in [0, 0.1) is 5.82 Å². The first-order chi connectivity index (χ1) is 9.11. The average Bonchev–Trinajstić information content (AvgIpc) is 2.95. The zero-order valence-electron chi connectivity index (χ0n) is 9.81. The monoisotopic (exact) mass is 327 g/mol. The highest BCUT2D eigenvalue weighted by Gasteiger charge is 2.28. The molecule has 1 unspecified atom stereocenters. The molecule has 1 aromatic carbocycles. The molecule has 0 radical (unpaired) electrons. The van der Waals surface area contributed by atoms with Gasteiger partial charge in [0, 0.05) is 16.6 Å². The Hall–Kier alpha value is -1.31. The molecule has 1 aromatic heterocycles. The Morgan fingerprint density at radius 1 is 1.42 bits per heavy atom. The molecule has 2 N–H and O–H groups in total. The fraction of sp³-hybridized carbons (Fsp3) is 0.333. The van der Waals surface area contributed by atoms with E-state index < -0.39 is 6.10 Å². The fourth-order valence-electron chi connectivity index (χ4n) is 2.08. The van der Waals surface area contributed by atoms with Gasteiger partial charge in [0.1, 0.15) is 5.82 Å². The molecule has 2 aromatic rings. The molecule has 0 aliphatic carbocycles. The largest absolute Gasteiger partial charge is 0.392 e. The van der Waals surface area contributed by atoms with Gasteiger partial charge in [0.15, 0.2) is 0 Å². The van der Waals surface area contributed by atoms with E-state index in [1.54, 1.807) is 6.07 Å². The zero-order valence-corrected chi connectivity index (χ0v) is 11.4. The normalized spacial score (nSPS) is 22.9. The molecule has 3 rings (SSSR count). The first-order valence-electron chi connectivity index (χ1n) is 5.83. The molecule has 19 heavy (non-hydrogen) atoms. The van der Waals surface area contributed by atoms with Crippen LogP contribution in [0.2, 0.25) is 0 Å². The Kier molecular flexibility index (Phi) is 3.34. The van der Waals surface area contributed by atoms with E-state index in [0.717, 1.165) is 0 Å². The van der Waals surface area contributed by atoms with Crippen LogP contribution in [-0.4, -0.2) is 27.9 Å². The van der Waals surface area contributed by atoms with Crippen molar-refractivity contribution in [2.45, 2.75) is 18.6 Å². The summed E-state index contributed by atoms with van der Waals surface area (Å²) in [5.74, 6) is 0.371. The van der Waals surface area contributed by atoms with E-state index in [2.05, 4.69) is 31.4 Å². The number of rotatable bonds is 2. The van der Waals surface area contributed by atoms with Gasteiger partial charge in [0.05, 0.1) is 12.1 Å². The van der Waals surface area contributed by atoms with Crippen molar-refractivity contribution < 1.29 is 14.0 Å². The van der Waals surface area contributed by atoms with Crippen LogP contribution >= 0.6 is 15.9 Å². The second-order valence-electron chi connectivity index (χ2n) is 4.46. The Balaban J connectivity index is 1.88. The molecule has 1 aliphatic heterocycles. The minimum absolute atomic E-state index is 0.145. The summed E-state index contributed by atoms with van der Waals surface area (Å²) < 4.78 is 19.1. The Labute approximate surface area is 117 Å². The van der Waals surface area contributed by atoms with Crippen molar-refractivity contribution in [2.75, 3.05) is 6.54 Å². The van der Waals surface area contributed by atoms with Crippen LogP contribution in [0.1, 0.15) is 18.4 Å². The van der Waals surface area contributed by atoms with Crippen molar-refractivity contribution >= 4 is 15.9 Å². The van der Waals surface area contributed by atoms with Gasteiger partial charge < -0.3 is 14.9 Å². The minimum Gasteiger partial charge on any atom is -0.392 e. The van der Waals surface area contributed by atoms with Gasteiger partial charge in [-0.05, 0) is 24.6 Å². The minimum atomic E-state index is -0.399. The second kappa shape index (κ2) is 4.99. The number of aromatic nitrogens is 2. The maximum Gasteiger partial charge on any atom is 0.244 e. The van der Waals surface area contributed by atoms with Crippen molar-refractivity contribution in [3.63, 3.8) is 0 Å². The van der Waals surface area contributed by atoms with E-state index in [1.807, 2.05) is 0 Å². The highest BCUT2D eigenvalue weighted by atomic mass is 79.9. The number of nitrogens with one attached hydrogen (secondary N) is 1. The van der Waals surface area contributed by atoms with Gasteiger partial charge in [-0.25, -0.2) is 4.39 Å². The summed E-state index contributed by atoms with van der Waals surface area (Å²) in [5, 5.41) is 16.4. The number of aliphatic hydroxyl groups excluding tert-OH is 1. The van der Waals surface area contributed by atoms with Crippen molar-refractivity contribution in [1.29, 1.82) is 0 Å². The number of hydrogen-bond acceptors (Lipinski definition) is 5. The Morgan fingerprint density at radius 2 is 2.26 bits per heavy atom. The maximum absolute atomic E-state index is 13.3. The summed E-state index contributed by atoms with van der Waals surface area (Å²) in [5.41, 5.74) is 0.542. The first kappa shape index (κ1) is 12.7. The molecule has 7 heteroatoms. The maximum atomic E-state index is 13.3. The third kappa shape index (κ3) is 2.68. The van der Waals surface area contributed by atoms with Crippen LogP contribution in [0.3, 0.4) is 0 Å². The highest BCUT2D eigenvalue weighted by Crippen LogP contribution is 2.26. The summed E-state index contributed by atoms with van der Waals surface area (Å²) in [6.07, 6.45) is 0.137. The number of aliphatic hydroxyl groups is 1. The molecule has 1 aliphatic rings. The van der Waals surface area contributed by atoms with Crippen molar-refractivity contribution in [3.05, 3.63) is 34.4 Å². The van der Waals surface area contributed by atoms with Gasteiger partial charge in [-0.15, -0.1) is 0 Å². The van der Waals surface area contributed by atoms with E-state index in [1.165, 1.54) is 12.1 Å². The third-order valence-electron chi connectivity index (χ3n) is 2.97. The topological polar surface area (TPSA) is 71.2 Å². The van der Waals surface area contributed by atoms with Crippen LogP contribution in [0.4, 0.5) is 4.39 Å². The van der Waals surface area contributed by atoms with Crippen molar-refractivity contribution in [3.8, 4) is 11.4 Å². The Bertz CT molecular complexity index is 584. The molecule has 2 heterocycles. The molecule has 0 bridgehead atoms. The van der Waals surface area contributed by atoms with Crippen LogP contribution in [0.5, 0.6) is 0 Å². The first-order valence-corrected chi connectivity index (χ1v) is 6.62. The van der Waals surface area contributed by atoms with E-state index in [0.29, 0.717) is 34.7 Å². The predicted molar refractivity (Wildman–Crippen MR) is 68.8 cm³/mol. The average molecular weight is 328 g/mol. The molecule has 0 saturated carbocycles. The van der Waals surface area contributed by atoms with Gasteiger partial charge in [-0.2, -0.15) is 4.98 Å². The van der Waals surface area contributed by atoms with Gasteiger partial charge >= 0.3 is 0 Å². The third-order valence-corrected chi connectivity index (χ3v) is 3.43. The molecular weight excluding hydrogens is 317 g/mol. The lowest BCUT2D eigenvalue weighted by atomic mass is 10.2. The fourth-order valence-corrected chi connectivity index (χ4v) is 2.55. The van der Waals surface area contributed by atoms with Crippen molar-refractivity contribution in [1.82, 2.24) is 15.5 Å². The van der Waals surface area contributed by atoms with E-state index >= 15 is 0 Å².